The number of aryl methyl sites for hydroxylation is 1. The third-order valence-corrected chi connectivity index (χ3v) is 5.52. The Hall–Kier alpha value is -2.40. The molecule has 0 aromatic heterocycles. The molecule has 0 bridgehead atoms. The number of carbonyl (C=O) groups is 1. The molecule has 2 aromatic rings. The van der Waals surface area contributed by atoms with Gasteiger partial charge in [0, 0.05) is 29.3 Å². The van der Waals surface area contributed by atoms with E-state index in [0.29, 0.717) is 12.2 Å². The van der Waals surface area contributed by atoms with E-state index in [1.165, 1.54) is 11.6 Å². The number of hydrogen-bond acceptors (Lipinski definition) is 3. The zero-order valence-electron chi connectivity index (χ0n) is 14.7. The molecular formula is C21H22FNO3. The molecule has 0 amide bonds. The lowest BCUT2D eigenvalue weighted by molar-refractivity contribution is -0.0384. The Kier molecular flexibility index (Phi) is 4.41. The molecule has 1 saturated heterocycles. The van der Waals surface area contributed by atoms with Gasteiger partial charge in [-0.15, -0.1) is 0 Å². The van der Waals surface area contributed by atoms with Gasteiger partial charge in [0.15, 0.2) is 0 Å². The molecule has 4 rings (SSSR count). The summed E-state index contributed by atoms with van der Waals surface area (Å²) in [6.07, 6.45) is 2.78. The van der Waals surface area contributed by atoms with Gasteiger partial charge in [-0.25, -0.2) is 9.18 Å². The van der Waals surface area contributed by atoms with E-state index in [9.17, 15) is 9.18 Å². The van der Waals surface area contributed by atoms with Crippen molar-refractivity contribution in [3.8, 4) is 0 Å². The number of carboxylic acid groups (broad SMARTS) is 1. The molecule has 1 fully saturated rings. The number of ether oxygens (including phenoxy) is 1. The van der Waals surface area contributed by atoms with E-state index in [4.69, 9.17) is 9.84 Å². The average molecular weight is 355 g/mol. The number of nitrogens with one attached hydrogen (secondary N) is 1. The van der Waals surface area contributed by atoms with Crippen LogP contribution in [0.25, 0.3) is 0 Å². The highest BCUT2D eigenvalue weighted by Crippen LogP contribution is 2.49. The van der Waals surface area contributed by atoms with Crippen molar-refractivity contribution in [3.05, 3.63) is 64.5 Å². The zero-order valence-corrected chi connectivity index (χ0v) is 14.7. The lowest BCUT2D eigenvalue weighted by atomic mass is 9.77. The van der Waals surface area contributed by atoms with Crippen LogP contribution in [0.2, 0.25) is 0 Å². The van der Waals surface area contributed by atoms with Crippen LogP contribution in [0.15, 0.2) is 36.4 Å². The van der Waals surface area contributed by atoms with Gasteiger partial charge in [-0.05, 0) is 43.0 Å². The molecule has 2 heterocycles. The number of halogens is 1. The van der Waals surface area contributed by atoms with Crippen LogP contribution in [0.1, 0.15) is 59.0 Å². The molecule has 2 aromatic carbocycles. The van der Waals surface area contributed by atoms with E-state index in [-0.39, 0.29) is 23.6 Å². The summed E-state index contributed by atoms with van der Waals surface area (Å²) >= 11 is 0. The second kappa shape index (κ2) is 6.72. The van der Waals surface area contributed by atoms with Crippen LogP contribution in [0.3, 0.4) is 0 Å². The van der Waals surface area contributed by atoms with Crippen LogP contribution in [0.5, 0.6) is 0 Å². The fourth-order valence-corrected chi connectivity index (χ4v) is 4.16. The minimum atomic E-state index is -1.12. The van der Waals surface area contributed by atoms with Crippen molar-refractivity contribution in [1.82, 2.24) is 0 Å². The molecule has 0 radical (unpaired) electrons. The summed E-state index contributed by atoms with van der Waals surface area (Å²) in [6, 6.07) is 10.2. The van der Waals surface area contributed by atoms with Crippen molar-refractivity contribution < 1.29 is 19.0 Å². The molecule has 4 nitrogen and oxygen atoms in total. The lowest BCUT2D eigenvalue weighted by Crippen LogP contribution is -2.36. The molecule has 2 N–H and O–H groups in total. The summed E-state index contributed by atoms with van der Waals surface area (Å²) in [5.74, 6) is -1.49. The molecule has 0 saturated carbocycles. The standard InChI is InChI=1S/C21H22FNO3/c1-2-12-5-8-18-16(10-12)20-15(4-3-9-26-20)19(23-18)14-7-6-13(21(24)25)11-17(14)22/h5-8,10-11,15,19-20,23H,2-4,9H2,1H3,(H,24,25)/t15-,19+,20-/m1/s1. The van der Waals surface area contributed by atoms with Gasteiger partial charge < -0.3 is 15.2 Å². The molecule has 3 atom stereocenters. The first-order valence-corrected chi connectivity index (χ1v) is 9.12. The van der Waals surface area contributed by atoms with Crippen LogP contribution < -0.4 is 5.32 Å². The first-order chi connectivity index (χ1) is 12.6. The zero-order chi connectivity index (χ0) is 18.3. The van der Waals surface area contributed by atoms with Crippen molar-refractivity contribution in [2.45, 2.75) is 38.3 Å². The minimum Gasteiger partial charge on any atom is -0.478 e. The summed E-state index contributed by atoms with van der Waals surface area (Å²) in [7, 11) is 0. The smallest absolute Gasteiger partial charge is 0.335 e. The Morgan fingerprint density at radius 2 is 2.12 bits per heavy atom. The number of fused-ring (bicyclic) bond motifs is 3. The fraction of sp³-hybridized carbons (Fsp3) is 0.381. The fourth-order valence-electron chi connectivity index (χ4n) is 4.16. The van der Waals surface area contributed by atoms with E-state index >= 15 is 0 Å². The first kappa shape index (κ1) is 17.0. The van der Waals surface area contributed by atoms with Crippen LogP contribution in [0.4, 0.5) is 10.1 Å². The maximum absolute atomic E-state index is 14.7. The van der Waals surface area contributed by atoms with Gasteiger partial charge in [-0.2, -0.15) is 0 Å². The highest BCUT2D eigenvalue weighted by atomic mass is 19.1. The molecule has 0 unspecified atom stereocenters. The van der Waals surface area contributed by atoms with Gasteiger partial charge in [0.05, 0.1) is 17.7 Å². The Morgan fingerprint density at radius 3 is 2.85 bits per heavy atom. The lowest BCUT2D eigenvalue weighted by Gasteiger charge is -2.43. The molecule has 5 heteroatoms. The third kappa shape index (κ3) is 2.86. The topological polar surface area (TPSA) is 58.6 Å². The predicted molar refractivity (Wildman–Crippen MR) is 97.0 cm³/mol. The van der Waals surface area contributed by atoms with Crippen molar-refractivity contribution in [3.63, 3.8) is 0 Å². The predicted octanol–water partition coefficient (Wildman–Crippen LogP) is 4.72. The van der Waals surface area contributed by atoms with Crippen LogP contribution in [0, 0.1) is 11.7 Å². The molecule has 2 aliphatic heterocycles. The second-order valence-corrected chi connectivity index (χ2v) is 7.04. The van der Waals surface area contributed by atoms with Crippen molar-refractivity contribution in [2.24, 2.45) is 5.92 Å². The quantitative estimate of drug-likeness (QED) is 0.836. The summed E-state index contributed by atoms with van der Waals surface area (Å²) in [6.45, 7) is 2.84. The SMILES string of the molecule is CCc1ccc2c(c1)[C@@H]1OCCC[C@@H]1[C@H](c1ccc(C(=O)O)cc1F)N2. The van der Waals surface area contributed by atoms with Crippen molar-refractivity contribution in [1.29, 1.82) is 0 Å². The molecule has 0 aliphatic carbocycles. The van der Waals surface area contributed by atoms with E-state index in [0.717, 1.165) is 36.6 Å². The molecule has 26 heavy (non-hydrogen) atoms. The molecule has 0 spiro atoms. The van der Waals surface area contributed by atoms with Gasteiger partial charge in [0.25, 0.3) is 0 Å². The first-order valence-electron chi connectivity index (χ1n) is 9.12. The third-order valence-electron chi connectivity index (χ3n) is 5.52. The molecule has 2 aliphatic rings. The van der Waals surface area contributed by atoms with Crippen molar-refractivity contribution >= 4 is 11.7 Å². The minimum absolute atomic E-state index is 0.0357. The Labute approximate surface area is 152 Å². The summed E-state index contributed by atoms with van der Waals surface area (Å²) in [5, 5.41) is 12.6. The number of aromatic carboxylic acids is 1. The monoisotopic (exact) mass is 355 g/mol. The Bertz CT molecular complexity index is 851. The number of rotatable bonds is 3. The van der Waals surface area contributed by atoms with E-state index < -0.39 is 11.8 Å². The largest absolute Gasteiger partial charge is 0.478 e. The van der Waals surface area contributed by atoms with Crippen LogP contribution in [-0.2, 0) is 11.2 Å². The number of carboxylic acids is 1. The van der Waals surface area contributed by atoms with Gasteiger partial charge in [-0.3, -0.25) is 0 Å². The van der Waals surface area contributed by atoms with E-state index in [2.05, 4.69) is 24.4 Å². The van der Waals surface area contributed by atoms with Gasteiger partial charge in [0.2, 0.25) is 0 Å². The van der Waals surface area contributed by atoms with Gasteiger partial charge >= 0.3 is 5.97 Å². The van der Waals surface area contributed by atoms with E-state index in [1.807, 2.05) is 6.07 Å². The van der Waals surface area contributed by atoms with Crippen LogP contribution >= 0.6 is 0 Å². The highest BCUT2D eigenvalue weighted by molar-refractivity contribution is 5.87. The van der Waals surface area contributed by atoms with Crippen LogP contribution in [-0.4, -0.2) is 17.7 Å². The normalized spacial score (nSPS) is 24.3. The summed E-state index contributed by atoms with van der Waals surface area (Å²) < 4.78 is 20.8. The maximum atomic E-state index is 14.7. The maximum Gasteiger partial charge on any atom is 0.335 e. The Morgan fingerprint density at radius 1 is 1.27 bits per heavy atom. The average Bonchev–Trinajstić information content (AvgIpc) is 2.67. The molecular weight excluding hydrogens is 333 g/mol. The highest BCUT2D eigenvalue weighted by Gasteiger charge is 2.40. The van der Waals surface area contributed by atoms with Gasteiger partial charge in [-0.1, -0.05) is 25.1 Å². The van der Waals surface area contributed by atoms with Gasteiger partial charge in [0.1, 0.15) is 5.82 Å². The number of hydrogen-bond donors (Lipinski definition) is 2. The second-order valence-electron chi connectivity index (χ2n) is 7.04. The molecule has 136 valence electrons. The van der Waals surface area contributed by atoms with E-state index in [1.54, 1.807) is 6.07 Å². The Balaban J connectivity index is 1.76. The number of benzene rings is 2. The van der Waals surface area contributed by atoms with Crippen molar-refractivity contribution in [2.75, 3.05) is 11.9 Å². The summed E-state index contributed by atoms with van der Waals surface area (Å²) in [4.78, 5) is 11.1. The summed E-state index contributed by atoms with van der Waals surface area (Å²) in [5.41, 5.74) is 3.84. The number of anilines is 1.